The smallest absolute Gasteiger partial charge is 0.361 e. The minimum absolute atomic E-state index is 0.0215. The van der Waals surface area contributed by atoms with Gasteiger partial charge in [0.15, 0.2) is 0 Å². The fourth-order valence-corrected chi connectivity index (χ4v) is 2.11. The number of aromatic nitrogens is 3. The Morgan fingerprint density at radius 3 is 2.83 bits per heavy atom. The Labute approximate surface area is 134 Å². The van der Waals surface area contributed by atoms with Crippen LogP contribution in [0.25, 0.3) is 11.1 Å². The predicted octanol–water partition coefficient (Wildman–Crippen LogP) is 3.12. The van der Waals surface area contributed by atoms with E-state index < -0.39 is 17.6 Å². The molecule has 0 amide bonds. The molecule has 3 aromatic rings. The summed E-state index contributed by atoms with van der Waals surface area (Å²) in [6, 6.07) is 3.04. The van der Waals surface area contributed by atoms with E-state index in [4.69, 9.17) is 9.26 Å². The second kappa shape index (κ2) is 6.19. The summed E-state index contributed by atoms with van der Waals surface area (Å²) in [6.07, 6.45) is 0. The van der Waals surface area contributed by atoms with Gasteiger partial charge in [0.1, 0.15) is 28.7 Å². The van der Waals surface area contributed by atoms with Gasteiger partial charge in [0.05, 0.1) is 12.3 Å². The first-order chi connectivity index (χ1) is 11.5. The lowest BCUT2D eigenvalue weighted by molar-refractivity contribution is 0.0517. The van der Waals surface area contributed by atoms with Crippen LogP contribution >= 0.6 is 0 Å². The van der Waals surface area contributed by atoms with E-state index in [1.165, 1.54) is 6.07 Å². The summed E-state index contributed by atoms with van der Waals surface area (Å²) in [5.41, 5.74) is -0.0979. The third kappa shape index (κ3) is 2.87. The van der Waals surface area contributed by atoms with E-state index >= 15 is 0 Å². The molecule has 24 heavy (non-hydrogen) atoms. The Bertz CT molecular complexity index is 926. The molecule has 0 spiro atoms. The molecule has 0 saturated carbocycles. The van der Waals surface area contributed by atoms with Crippen molar-refractivity contribution in [3.8, 4) is 0 Å². The molecule has 0 bridgehead atoms. The van der Waals surface area contributed by atoms with Gasteiger partial charge in [0, 0.05) is 6.07 Å². The molecule has 2 aromatic heterocycles. The summed E-state index contributed by atoms with van der Waals surface area (Å²) in [5.74, 6) is -1.81. The van der Waals surface area contributed by atoms with Gasteiger partial charge in [0.25, 0.3) is 5.71 Å². The average molecular weight is 334 g/mol. The first-order valence-electron chi connectivity index (χ1n) is 7.02. The molecule has 1 aromatic carbocycles. The van der Waals surface area contributed by atoms with Crippen molar-refractivity contribution in [3.05, 3.63) is 41.4 Å². The predicted molar refractivity (Wildman–Crippen MR) is 79.9 cm³/mol. The van der Waals surface area contributed by atoms with E-state index in [-0.39, 0.29) is 34.9 Å². The number of halogens is 2. The first kappa shape index (κ1) is 15.8. The van der Waals surface area contributed by atoms with Crippen LogP contribution in [0, 0.1) is 18.6 Å². The van der Waals surface area contributed by atoms with Crippen molar-refractivity contribution in [2.45, 2.75) is 13.8 Å². The zero-order valence-corrected chi connectivity index (χ0v) is 12.8. The van der Waals surface area contributed by atoms with Gasteiger partial charge < -0.3 is 14.6 Å². The number of benzene rings is 1. The molecular formula is C15H12F2N4O3. The maximum Gasteiger partial charge on any atom is 0.361 e. The fourth-order valence-electron chi connectivity index (χ4n) is 2.11. The normalized spacial score (nSPS) is 10.8. The zero-order chi connectivity index (χ0) is 17.3. The highest BCUT2D eigenvalue weighted by Gasteiger charge is 2.23. The van der Waals surface area contributed by atoms with Crippen LogP contribution < -0.4 is 5.32 Å². The molecule has 1 N–H and O–H groups in total. The largest absolute Gasteiger partial charge is 0.461 e. The highest BCUT2D eigenvalue weighted by atomic mass is 19.1. The van der Waals surface area contributed by atoms with Crippen LogP contribution in [-0.2, 0) is 4.74 Å². The number of nitrogens with one attached hydrogen (secondary N) is 1. The summed E-state index contributed by atoms with van der Waals surface area (Å²) in [5, 5.41) is 6.51. The molecule has 0 aliphatic rings. The standard InChI is InChI=1S/C15H12F2N4O3/c1-3-23-15(22)12-11-13(18-7(2)19-14(11)24-21-12)20-10-5-4-8(16)6-9(10)17/h4-6H,3H2,1-2H3,(H,18,19,20). The number of rotatable bonds is 4. The molecule has 3 rings (SSSR count). The van der Waals surface area contributed by atoms with Crippen LogP contribution in [0.1, 0.15) is 23.2 Å². The van der Waals surface area contributed by atoms with Gasteiger partial charge in [-0.25, -0.2) is 18.6 Å². The van der Waals surface area contributed by atoms with Crippen LogP contribution in [0.15, 0.2) is 22.7 Å². The monoisotopic (exact) mass is 334 g/mol. The first-order valence-corrected chi connectivity index (χ1v) is 7.02. The number of esters is 1. The number of hydrogen-bond acceptors (Lipinski definition) is 7. The second-order valence-corrected chi connectivity index (χ2v) is 4.80. The van der Waals surface area contributed by atoms with Crippen molar-refractivity contribution in [2.75, 3.05) is 11.9 Å². The van der Waals surface area contributed by atoms with Crippen molar-refractivity contribution in [1.82, 2.24) is 15.1 Å². The number of hydrogen-bond donors (Lipinski definition) is 1. The van der Waals surface area contributed by atoms with E-state index in [2.05, 4.69) is 20.4 Å². The Kier molecular flexibility index (Phi) is 4.07. The second-order valence-electron chi connectivity index (χ2n) is 4.80. The lowest BCUT2D eigenvalue weighted by atomic mass is 10.2. The number of fused-ring (bicyclic) bond motifs is 1. The molecule has 9 heteroatoms. The van der Waals surface area contributed by atoms with Crippen LogP contribution in [0.4, 0.5) is 20.3 Å². The highest BCUT2D eigenvalue weighted by Crippen LogP contribution is 2.28. The summed E-state index contributed by atoms with van der Waals surface area (Å²) in [6.45, 7) is 3.39. The quantitative estimate of drug-likeness (QED) is 0.733. The molecule has 124 valence electrons. The highest BCUT2D eigenvalue weighted by molar-refractivity contribution is 6.05. The molecular weight excluding hydrogens is 322 g/mol. The molecule has 0 fully saturated rings. The van der Waals surface area contributed by atoms with Crippen molar-refractivity contribution in [1.29, 1.82) is 0 Å². The summed E-state index contributed by atoms with van der Waals surface area (Å²) in [4.78, 5) is 20.2. The van der Waals surface area contributed by atoms with Crippen molar-refractivity contribution in [3.63, 3.8) is 0 Å². The number of nitrogens with zero attached hydrogens (tertiary/aromatic N) is 3. The number of ether oxygens (including phenoxy) is 1. The number of aryl methyl sites for hydroxylation is 1. The van der Waals surface area contributed by atoms with Crippen molar-refractivity contribution >= 4 is 28.6 Å². The van der Waals surface area contributed by atoms with Gasteiger partial charge in [-0.1, -0.05) is 5.16 Å². The fraction of sp³-hybridized carbons (Fsp3) is 0.200. The lowest BCUT2D eigenvalue weighted by Crippen LogP contribution is -2.07. The van der Waals surface area contributed by atoms with Gasteiger partial charge >= 0.3 is 5.97 Å². The van der Waals surface area contributed by atoms with Gasteiger partial charge in [-0.15, -0.1) is 0 Å². The Morgan fingerprint density at radius 2 is 2.12 bits per heavy atom. The number of carbonyl (C=O) groups excluding carboxylic acids is 1. The van der Waals surface area contributed by atoms with E-state index in [9.17, 15) is 13.6 Å². The minimum atomic E-state index is -0.812. The Balaban J connectivity index is 2.12. The lowest BCUT2D eigenvalue weighted by Gasteiger charge is -2.08. The molecule has 2 heterocycles. The van der Waals surface area contributed by atoms with Crippen LogP contribution in [0.2, 0.25) is 0 Å². The minimum Gasteiger partial charge on any atom is -0.461 e. The van der Waals surface area contributed by atoms with Crippen molar-refractivity contribution < 1.29 is 22.8 Å². The van der Waals surface area contributed by atoms with Crippen LogP contribution in [-0.4, -0.2) is 27.7 Å². The van der Waals surface area contributed by atoms with Crippen LogP contribution in [0.3, 0.4) is 0 Å². The van der Waals surface area contributed by atoms with Gasteiger partial charge in [-0.2, -0.15) is 4.98 Å². The number of carbonyl (C=O) groups is 1. The molecule has 7 nitrogen and oxygen atoms in total. The maximum atomic E-state index is 13.9. The third-order valence-electron chi connectivity index (χ3n) is 3.10. The van der Waals surface area contributed by atoms with Gasteiger partial charge in [0.2, 0.25) is 5.69 Å². The van der Waals surface area contributed by atoms with E-state index in [0.29, 0.717) is 5.82 Å². The van der Waals surface area contributed by atoms with Crippen molar-refractivity contribution in [2.24, 2.45) is 0 Å². The Morgan fingerprint density at radius 1 is 1.33 bits per heavy atom. The molecule has 0 aliphatic carbocycles. The van der Waals surface area contributed by atoms with E-state index in [0.717, 1.165) is 12.1 Å². The SMILES string of the molecule is CCOC(=O)c1noc2nc(C)nc(Nc3ccc(F)cc3F)c12. The third-order valence-corrected chi connectivity index (χ3v) is 3.10. The molecule has 0 radical (unpaired) electrons. The molecule has 0 unspecified atom stereocenters. The maximum absolute atomic E-state index is 13.9. The zero-order valence-electron chi connectivity index (χ0n) is 12.8. The molecule has 0 saturated heterocycles. The van der Waals surface area contributed by atoms with Gasteiger partial charge in [-0.3, -0.25) is 0 Å². The topological polar surface area (TPSA) is 90.1 Å². The average Bonchev–Trinajstić information content (AvgIpc) is 2.94. The molecule has 0 aliphatic heterocycles. The van der Waals surface area contributed by atoms with E-state index in [1.807, 2.05) is 0 Å². The summed E-state index contributed by atoms with van der Waals surface area (Å²) < 4.78 is 36.8. The van der Waals surface area contributed by atoms with Gasteiger partial charge in [-0.05, 0) is 26.0 Å². The van der Waals surface area contributed by atoms with Crippen LogP contribution in [0.5, 0.6) is 0 Å². The van der Waals surface area contributed by atoms with E-state index in [1.54, 1.807) is 13.8 Å². The summed E-state index contributed by atoms with van der Waals surface area (Å²) in [7, 11) is 0. The Hall–Kier alpha value is -3.10. The number of anilines is 2. The molecule has 0 atom stereocenters. The summed E-state index contributed by atoms with van der Waals surface area (Å²) >= 11 is 0.